The number of carbonyl (C=O) groups is 2. The number of nitrogens with zero attached hydrogens (tertiary/aromatic N) is 2. The zero-order valence-corrected chi connectivity index (χ0v) is 10.6. The Labute approximate surface area is 106 Å². The number of carbonyl (C=O) groups excluding carboxylic acids is 2. The highest BCUT2D eigenvalue weighted by Gasteiger charge is 2.36. The van der Waals surface area contributed by atoms with E-state index in [2.05, 4.69) is 10.3 Å². The van der Waals surface area contributed by atoms with E-state index < -0.39 is 0 Å². The van der Waals surface area contributed by atoms with Crippen LogP contribution in [0.5, 0.6) is 0 Å². The van der Waals surface area contributed by atoms with Crippen LogP contribution in [0.25, 0.3) is 0 Å². The number of pyridine rings is 1. The van der Waals surface area contributed by atoms with Crippen molar-refractivity contribution in [2.45, 2.75) is 32.4 Å². The Balaban J connectivity index is 2.28. The van der Waals surface area contributed by atoms with Crippen molar-refractivity contribution < 1.29 is 9.59 Å². The van der Waals surface area contributed by atoms with Crippen molar-refractivity contribution in [3.63, 3.8) is 0 Å². The summed E-state index contributed by atoms with van der Waals surface area (Å²) in [5.74, 6) is -0.120. The minimum absolute atomic E-state index is 0.0437. The first-order valence-corrected chi connectivity index (χ1v) is 6.14. The summed E-state index contributed by atoms with van der Waals surface area (Å²) in [7, 11) is 0. The lowest BCUT2D eigenvalue weighted by atomic mass is 10.0. The fraction of sp³-hybridized carbons (Fsp3) is 0.462. The van der Waals surface area contributed by atoms with Gasteiger partial charge in [0, 0.05) is 12.4 Å². The summed E-state index contributed by atoms with van der Waals surface area (Å²) >= 11 is 0. The van der Waals surface area contributed by atoms with Crippen LogP contribution in [-0.2, 0) is 9.59 Å². The Kier molecular flexibility index (Phi) is 3.60. The first kappa shape index (κ1) is 12.5. The van der Waals surface area contributed by atoms with E-state index in [0.717, 1.165) is 5.56 Å². The second-order valence-corrected chi connectivity index (χ2v) is 4.41. The second kappa shape index (κ2) is 5.16. The van der Waals surface area contributed by atoms with Crippen molar-refractivity contribution in [1.29, 1.82) is 0 Å². The van der Waals surface area contributed by atoms with E-state index in [1.165, 1.54) is 0 Å². The van der Waals surface area contributed by atoms with E-state index in [4.69, 9.17) is 0 Å². The van der Waals surface area contributed by atoms with Gasteiger partial charge in [-0.3, -0.25) is 14.6 Å². The maximum atomic E-state index is 12.0. The van der Waals surface area contributed by atoms with Gasteiger partial charge in [-0.2, -0.15) is 0 Å². The molecule has 1 N–H and O–H groups in total. The predicted octanol–water partition coefficient (Wildman–Crippen LogP) is 0.880. The van der Waals surface area contributed by atoms with Gasteiger partial charge < -0.3 is 10.2 Å². The van der Waals surface area contributed by atoms with E-state index in [-0.39, 0.29) is 30.4 Å². The molecule has 2 atom stereocenters. The maximum Gasteiger partial charge on any atom is 0.243 e. The number of piperazine rings is 1. The van der Waals surface area contributed by atoms with Gasteiger partial charge in [-0.15, -0.1) is 0 Å². The summed E-state index contributed by atoms with van der Waals surface area (Å²) in [6, 6.07) is 3.23. The summed E-state index contributed by atoms with van der Waals surface area (Å²) in [6.45, 7) is 3.92. The molecule has 0 bridgehead atoms. The second-order valence-electron chi connectivity index (χ2n) is 4.41. The molecular weight excluding hydrogens is 230 g/mol. The van der Waals surface area contributed by atoms with Gasteiger partial charge in [0.05, 0.1) is 12.6 Å². The number of nitrogens with one attached hydrogen (secondary N) is 1. The van der Waals surface area contributed by atoms with Gasteiger partial charge in [-0.25, -0.2) is 0 Å². The molecule has 5 nitrogen and oxygen atoms in total. The molecule has 0 saturated carbocycles. The third-order valence-electron chi connectivity index (χ3n) is 3.31. The van der Waals surface area contributed by atoms with Crippen LogP contribution in [0.4, 0.5) is 0 Å². The standard InChI is InChI=1S/C13H17N3O2/c1-3-11-13(18)15-8-12(17)16(11)9(2)10-5-4-6-14-7-10/h4-7,9,11H,3,8H2,1-2H3,(H,15,18). The van der Waals surface area contributed by atoms with Gasteiger partial charge in [0.2, 0.25) is 11.8 Å². The van der Waals surface area contributed by atoms with Crippen molar-refractivity contribution in [2.24, 2.45) is 0 Å². The Bertz CT molecular complexity index is 447. The Morgan fingerprint density at radius 2 is 2.33 bits per heavy atom. The van der Waals surface area contributed by atoms with E-state index in [1.807, 2.05) is 26.0 Å². The monoisotopic (exact) mass is 247 g/mol. The third kappa shape index (κ3) is 2.20. The molecule has 0 aliphatic carbocycles. The number of amides is 2. The van der Waals surface area contributed by atoms with E-state index in [1.54, 1.807) is 17.3 Å². The molecule has 5 heteroatoms. The molecule has 2 rings (SSSR count). The molecule has 0 aromatic carbocycles. The highest BCUT2D eigenvalue weighted by molar-refractivity contribution is 5.95. The number of rotatable bonds is 3. The fourth-order valence-corrected chi connectivity index (χ4v) is 2.32. The molecule has 1 aliphatic heterocycles. The first-order valence-electron chi connectivity index (χ1n) is 6.14. The SMILES string of the molecule is CCC1C(=O)NCC(=O)N1C(C)c1cccnc1. The lowest BCUT2D eigenvalue weighted by Gasteiger charge is -2.38. The highest BCUT2D eigenvalue weighted by Crippen LogP contribution is 2.24. The minimum Gasteiger partial charge on any atom is -0.345 e. The van der Waals surface area contributed by atoms with Gasteiger partial charge in [-0.05, 0) is 25.0 Å². The average Bonchev–Trinajstić information content (AvgIpc) is 2.41. The van der Waals surface area contributed by atoms with Crippen molar-refractivity contribution in [2.75, 3.05) is 6.54 Å². The van der Waals surface area contributed by atoms with Gasteiger partial charge in [-0.1, -0.05) is 13.0 Å². The third-order valence-corrected chi connectivity index (χ3v) is 3.31. The van der Waals surface area contributed by atoms with Crippen LogP contribution in [0.3, 0.4) is 0 Å². The van der Waals surface area contributed by atoms with Crippen LogP contribution >= 0.6 is 0 Å². The molecule has 2 heterocycles. The zero-order chi connectivity index (χ0) is 13.1. The van der Waals surface area contributed by atoms with Crippen molar-refractivity contribution in [1.82, 2.24) is 15.2 Å². The van der Waals surface area contributed by atoms with Gasteiger partial charge in [0.15, 0.2) is 0 Å². The highest BCUT2D eigenvalue weighted by atomic mass is 16.2. The summed E-state index contributed by atoms with van der Waals surface area (Å²) in [6.07, 6.45) is 4.04. The largest absolute Gasteiger partial charge is 0.345 e. The summed E-state index contributed by atoms with van der Waals surface area (Å²) in [5.41, 5.74) is 0.944. The molecule has 0 spiro atoms. The van der Waals surface area contributed by atoms with Crippen molar-refractivity contribution in [3.05, 3.63) is 30.1 Å². The Hall–Kier alpha value is -1.91. The molecule has 1 aromatic heterocycles. The van der Waals surface area contributed by atoms with E-state index in [9.17, 15) is 9.59 Å². The molecule has 18 heavy (non-hydrogen) atoms. The zero-order valence-electron chi connectivity index (χ0n) is 10.6. The van der Waals surface area contributed by atoms with Gasteiger partial charge >= 0.3 is 0 Å². The first-order chi connectivity index (χ1) is 8.65. The van der Waals surface area contributed by atoms with Gasteiger partial charge in [0.25, 0.3) is 0 Å². The summed E-state index contributed by atoms with van der Waals surface area (Å²) < 4.78 is 0. The van der Waals surface area contributed by atoms with E-state index >= 15 is 0 Å². The normalized spacial score (nSPS) is 21.7. The molecule has 2 unspecified atom stereocenters. The van der Waals surface area contributed by atoms with Crippen LogP contribution in [0.15, 0.2) is 24.5 Å². The fourth-order valence-electron chi connectivity index (χ4n) is 2.32. The summed E-state index contributed by atoms with van der Waals surface area (Å²) in [4.78, 5) is 29.5. The van der Waals surface area contributed by atoms with Crippen molar-refractivity contribution >= 4 is 11.8 Å². The molecule has 1 saturated heterocycles. The number of aromatic nitrogens is 1. The predicted molar refractivity (Wildman–Crippen MR) is 66.6 cm³/mol. The molecule has 96 valence electrons. The topological polar surface area (TPSA) is 62.3 Å². The van der Waals surface area contributed by atoms with Crippen LogP contribution in [0.2, 0.25) is 0 Å². The van der Waals surface area contributed by atoms with Gasteiger partial charge in [0.1, 0.15) is 6.04 Å². The van der Waals surface area contributed by atoms with Crippen LogP contribution in [0, 0.1) is 0 Å². The minimum atomic E-state index is -0.388. The Morgan fingerprint density at radius 1 is 1.56 bits per heavy atom. The number of hydrogen-bond acceptors (Lipinski definition) is 3. The quantitative estimate of drug-likeness (QED) is 0.862. The van der Waals surface area contributed by atoms with Crippen LogP contribution in [0.1, 0.15) is 31.9 Å². The smallest absolute Gasteiger partial charge is 0.243 e. The molecular formula is C13H17N3O2. The lowest BCUT2D eigenvalue weighted by molar-refractivity contribution is -0.148. The summed E-state index contributed by atoms with van der Waals surface area (Å²) in [5, 5.41) is 2.62. The molecule has 1 aliphatic rings. The Morgan fingerprint density at radius 3 is 2.94 bits per heavy atom. The molecule has 2 amide bonds. The average molecular weight is 247 g/mol. The van der Waals surface area contributed by atoms with E-state index in [0.29, 0.717) is 6.42 Å². The molecule has 0 radical (unpaired) electrons. The molecule has 1 fully saturated rings. The lowest BCUT2D eigenvalue weighted by Crippen LogP contribution is -2.58. The number of hydrogen-bond donors (Lipinski definition) is 1. The van der Waals surface area contributed by atoms with Crippen LogP contribution in [-0.4, -0.2) is 34.3 Å². The maximum absolute atomic E-state index is 12.0. The molecule has 1 aromatic rings. The van der Waals surface area contributed by atoms with Crippen LogP contribution < -0.4 is 5.32 Å². The van der Waals surface area contributed by atoms with Crippen molar-refractivity contribution in [3.8, 4) is 0 Å².